The van der Waals surface area contributed by atoms with E-state index in [1.165, 1.54) is 28.8 Å². The molecule has 0 heterocycles. The average Bonchev–Trinajstić information content (AvgIpc) is 2.43. The molecule has 2 nitrogen and oxygen atoms in total. The molecule has 3 N–H and O–H groups in total. The molecule has 1 unspecified atom stereocenters. The lowest BCUT2D eigenvalue weighted by Crippen LogP contribution is -2.30. The standard InChI is InChI=1S/C17H20ClFN2/c1-10-6-12(3)15(7-11(10)2)17(21-20)8-13-4-5-14(19)9-16(13)18/h4-7,9,17,21H,8,20H2,1-3H3. The highest BCUT2D eigenvalue weighted by atomic mass is 35.5. The van der Waals surface area contributed by atoms with Gasteiger partial charge in [0.1, 0.15) is 5.82 Å². The fraction of sp³-hybridized carbons (Fsp3) is 0.294. The van der Waals surface area contributed by atoms with Gasteiger partial charge in [-0.05, 0) is 67.1 Å². The molecule has 2 rings (SSSR count). The summed E-state index contributed by atoms with van der Waals surface area (Å²) in [4.78, 5) is 0. The van der Waals surface area contributed by atoms with Crippen LogP contribution in [-0.4, -0.2) is 0 Å². The Balaban J connectivity index is 2.34. The second-order valence-electron chi connectivity index (χ2n) is 5.45. The van der Waals surface area contributed by atoms with Gasteiger partial charge in [0.05, 0.1) is 6.04 Å². The second-order valence-corrected chi connectivity index (χ2v) is 5.86. The van der Waals surface area contributed by atoms with E-state index in [2.05, 4.69) is 38.3 Å². The summed E-state index contributed by atoms with van der Waals surface area (Å²) in [6.07, 6.45) is 0.610. The molecule has 0 saturated carbocycles. The molecule has 112 valence electrons. The van der Waals surface area contributed by atoms with Crippen molar-refractivity contribution in [3.63, 3.8) is 0 Å². The van der Waals surface area contributed by atoms with Gasteiger partial charge in [-0.1, -0.05) is 29.8 Å². The predicted molar refractivity (Wildman–Crippen MR) is 85.8 cm³/mol. The Hall–Kier alpha value is -1.42. The predicted octanol–water partition coefficient (Wildman–Crippen LogP) is 4.15. The molecule has 0 bridgehead atoms. The van der Waals surface area contributed by atoms with E-state index in [0.717, 1.165) is 11.1 Å². The van der Waals surface area contributed by atoms with Crippen molar-refractivity contribution in [2.75, 3.05) is 0 Å². The van der Waals surface area contributed by atoms with E-state index in [4.69, 9.17) is 17.4 Å². The first-order valence-electron chi connectivity index (χ1n) is 6.90. The van der Waals surface area contributed by atoms with E-state index in [-0.39, 0.29) is 11.9 Å². The van der Waals surface area contributed by atoms with Crippen molar-refractivity contribution in [1.29, 1.82) is 0 Å². The number of hydrogen-bond acceptors (Lipinski definition) is 2. The van der Waals surface area contributed by atoms with Crippen LogP contribution in [0.2, 0.25) is 5.02 Å². The van der Waals surface area contributed by atoms with E-state index < -0.39 is 0 Å². The van der Waals surface area contributed by atoms with Gasteiger partial charge >= 0.3 is 0 Å². The molecule has 0 spiro atoms. The highest BCUT2D eigenvalue weighted by molar-refractivity contribution is 6.31. The topological polar surface area (TPSA) is 38.0 Å². The largest absolute Gasteiger partial charge is 0.271 e. The summed E-state index contributed by atoms with van der Waals surface area (Å²) in [5, 5.41) is 0.428. The monoisotopic (exact) mass is 306 g/mol. The van der Waals surface area contributed by atoms with Crippen LogP contribution in [0.25, 0.3) is 0 Å². The molecule has 21 heavy (non-hydrogen) atoms. The molecule has 2 aromatic rings. The van der Waals surface area contributed by atoms with Gasteiger partial charge in [0, 0.05) is 5.02 Å². The van der Waals surface area contributed by atoms with Crippen molar-refractivity contribution in [1.82, 2.24) is 5.43 Å². The molecule has 0 fully saturated rings. The van der Waals surface area contributed by atoms with Gasteiger partial charge in [0.25, 0.3) is 0 Å². The van der Waals surface area contributed by atoms with Crippen LogP contribution in [-0.2, 0) is 6.42 Å². The third-order valence-corrected chi connectivity index (χ3v) is 4.25. The van der Waals surface area contributed by atoms with Crippen molar-refractivity contribution >= 4 is 11.6 Å². The Morgan fingerprint density at radius 3 is 2.38 bits per heavy atom. The Labute approximate surface area is 130 Å². The zero-order valence-electron chi connectivity index (χ0n) is 12.5. The van der Waals surface area contributed by atoms with Crippen LogP contribution in [0.15, 0.2) is 30.3 Å². The molecule has 0 amide bonds. The molecular weight excluding hydrogens is 287 g/mol. The molecular formula is C17H20ClFN2. The third-order valence-electron chi connectivity index (χ3n) is 3.90. The van der Waals surface area contributed by atoms with Gasteiger partial charge in [-0.2, -0.15) is 0 Å². The third kappa shape index (κ3) is 3.62. The van der Waals surface area contributed by atoms with Gasteiger partial charge in [-0.15, -0.1) is 0 Å². The van der Waals surface area contributed by atoms with Crippen molar-refractivity contribution in [3.05, 3.63) is 69.0 Å². The lowest BCUT2D eigenvalue weighted by Gasteiger charge is -2.21. The first kappa shape index (κ1) is 16.0. The first-order chi connectivity index (χ1) is 9.92. The van der Waals surface area contributed by atoms with Crippen molar-refractivity contribution in [3.8, 4) is 0 Å². The number of halogens is 2. The Morgan fingerprint density at radius 2 is 1.76 bits per heavy atom. The van der Waals surface area contributed by atoms with E-state index in [1.807, 2.05) is 0 Å². The van der Waals surface area contributed by atoms with Crippen molar-refractivity contribution in [2.24, 2.45) is 5.84 Å². The summed E-state index contributed by atoms with van der Waals surface area (Å²) in [7, 11) is 0. The van der Waals surface area contributed by atoms with Crippen LogP contribution >= 0.6 is 11.6 Å². The van der Waals surface area contributed by atoms with Crippen LogP contribution in [0.1, 0.15) is 33.9 Å². The van der Waals surface area contributed by atoms with Crippen LogP contribution in [0.4, 0.5) is 4.39 Å². The highest BCUT2D eigenvalue weighted by Crippen LogP contribution is 2.27. The van der Waals surface area contributed by atoms with E-state index in [9.17, 15) is 4.39 Å². The van der Waals surface area contributed by atoms with E-state index in [1.54, 1.807) is 6.07 Å². The highest BCUT2D eigenvalue weighted by Gasteiger charge is 2.16. The quantitative estimate of drug-likeness (QED) is 0.658. The van der Waals surface area contributed by atoms with Gasteiger partial charge in [0.2, 0.25) is 0 Å². The van der Waals surface area contributed by atoms with E-state index in [0.29, 0.717) is 11.4 Å². The van der Waals surface area contributed by atoms with E-state index >= 15 is 0 Å². The maximum absolute atomic E-state index is 13.1. The molecule has 1 atom stereocenters. The molecule has 0 aliphatic heterocycles. The number of hydrazine groups is 1. The SMILES string of the molecule is Cc1cc(C)c(C(Cc2ccc(F)cc2Cl)NN)cc1C. The van der Waals surface area contributed by atoms with Gasteiger partial charge in [-0.25, -0.2) is 4.39 Å². The molecule has 2 aromatic carbocycles. The zero-order valence-corrected chi connectivity index (χ0v) is 13.3. The summed E-state index contributed by atoms with van der Waals surface area (Å²) >= 11 is 6.11. The molecule has 4 heteroatoms. The Morgan fingerprint density at radius 1 is 1.10 bits per heavy atom. The Bertz CT molecular complexity index is 655. The lowest BCUT2D eigenvalue weighted by molar-refractivity contribution is 0.548. The summed E-state index contributed by atoms with van der Waals surface area (Å²) in [6.45, 7) is 6.24. The number of benzene rings is 2. The fourth-order valence-electron chi connectivity index (χ4n) is 2.52. The number of hydrogen-bond donors (Lipinski definition) is 2. The van der Waals surface area contributed by atoms with Gasteiger partial charge in [0.15, 0.2) is 0 Å². The van der Waals surface area contributed by atoms with Crippen LogP contribution in [0.3, 0.4) is 0 Å². The minimum atomic E-state index is -0.330. The summed E-state index contributed by atoms with van der Waals surface area (Å²) in [5.41, 5.74) is 8.52. The van der Waals surface area contributed by atoms with Crippen molar-refractivity contribution < 1.29 is 4.39 Å². The number of aryl methyl sites for hydroxylation is 3. The van der Waals surface area contributed by atoms with Crippen LogP contribution < -0.4 is 11.3 Å². The number of nitrogens with two attached hydrogens (primary N) is 1. The lowest BCUT2D eigenvalue weighted by atomic mass is 9.92. The average molecular weight is 307 g/mol. The maximum Gasteiger partial charge on any atom is 0.124 e. The minimum absolute atomic E-state index is 0.0627. The molecule has 0 aliphatic carbocycles. The van der Waals surface area contributed by atoms with Crippen LogP contribution in [0, 0.1) is 26.6 Å². The second kappa shape index (κ2) is 6.56. The van der Waals surface area contributed by atoms with Gasteiger partial charge < -0.3 is 0 Å². The number of nitrogens with one attached hydrogen (secondary N) is 1. The maximum atomic E-state index is 13.1. The molecule has 0 saturated heterocycles. The first-order valence-corrected chi connectivity index (χ1v) is 7.28. The molecule has 0 radical (unpaired) electrons. The normalized spacial score (nSPS) is 12.5. The Kier molecular flexibility index (Phi) is 4.99. The fourth-order valence-corrected chi connectivity index (χ4v) is 2.77. The summed E-state index contributed by atoms with van der Waals surface area (Å²) in [6, 6.07) is 8.69. The molecule has 0 aromatic heterocycles. The smallest absolute Gasteiger partial charge is 0.124 e. The van der Waals surface area contributed by atoms with Crippen molar-refractivity contribution in [2.45, 2.75) is 33.2 Å². The van der Waals surface area contributed by atoms with Gasteiger partial charge in [-0.3, -0.25) is 11.3 Å². The number of rotatable bonds is 4. The zero-order chi connectivity index (χ0) is 15.6. The summed E-state index contributed by atoms with van der Waals surface area (Å²) < 4.78 is 13.1. The molecule has 0 aliphatic rings. The minimum Gasteiger partial charge on any atom is -0.271 e. The summed E-state index contributed by atoms with van der Waals surface area (Å²) in [5.74, 6) is 5.39. The van der Waals surface area contributed by atoms with Crippen LogP contribution in [0.5, 0.6) is 0 Å².